The molecule has 0 radical (unpaired) electrons. The first-order valence-electron chi connectivity index (χ1n) is 9.50. The minimum Gasteiger partial charge on any atom is -0.496 e. The number of carbonyl (C=O) groups is 1. The number of fused-ring (bicyclic) bond motifs is 1. The number of halogens is 1. The molecule has 2 heterocycles. The van der Waals surface area contributed by atoms with Crippen molar-refractivity contribution in [3.8, 4) is 11.5 Å². The van der Waals surface area contributed by atoms with E-state index in [0.717, 1.165) is 21.3 Å². The van der Waals surface area contributed by atoms with E-state index in [-0.39, 0.29) is 5.91 Å². The van der Waals surface area contributed by atoms with Gasteiger partial charge in [0.15, 0.2) is 5.13 Å². The number of hydrogen-bond acceptors (Lipinski definition) is 6. The second-order valence-electron chi connectivity index (χ2n) is 6.86. The van der Waals surface area contributed by atoms with Crippen LogP contribution < -0.4 is 14.4 Å². The van der Waals surface area contributed by atoms with E-state index < -0.39 is 0 Å². The van der Waals surface area contributed by atoms with E-state index >= 15 is 0 Å². The molecule has 8 heteroatoms. The second-order valence-corrected chi connectivity index (χ2v) is 8.27. The molecule has 6 nitrogen and oxygen atoms in total. The van der Waals surface area contributed by atoms with Crippen molar-refractivity contribution >= 4 is 44.2 Å². The molecule has 31 heavy (non-hydrogen) atoms. The summed E-state index contributed by atoms with van der Waals surface area (Å²) in [6, 6.07) is 12.6. The summed E-state index contributed by atoms with van der Waals surface area (Å²) in [6.07, 6.45) is 3.43. The highest BCUT2D eigenvalue weighted by Gasteiger charge is 2.26. The summed E-state index contributed by atoms with van der Waals surface area (Å²) in [5.41, 5.74) is 3.03. The molecule has 0 spiro atoms. The number of benzene rings is 2. The SMILES string of the molecule is COc1ccc(Cl)cc1C(=O)N(Cc1cccnc1)c1nc2c(OC)ccc(C)c2s1. The van der Waals surface area contributed by atoms with Gasteiger partial charge in [-0.3, -0.25) is 14.7 Å². The fraction of sp³-hybridized carbons (Fsp3) is 0.174. The molecule has 0 aliphatic carbocycles. The molecule has 0 bridgehead atoms. The molecule has 0 atom stereocenters. The zero-order valence-electron chi connectivity index (χ0n) is 17.3. The van der Waals surface area contributed by atoms with E-state index in [9.17, 15) is 4.79 Å². The van der Waals surface area contributed by atoms with E-state index in [4.69, 9.17) is 26.1 Å². The molecule has 158 valence electrons. The summed E-state index contributed by atoms with van der Waals surface area (Å²) < 4.78 is 11.9. The summed E-state index contributed by atoms with van der Waals surface area (Å²) in [6.45, 7) is 2.31. The first kappa shape index (κ1) is 21.1. The first-order valence-corrected chi connectivity index (χ1v) is 10.7. The van der Waals surface area contributed by atoms with Gasteiger partial charge in [0.25, 0.3) is 5.91 Å². The maximum Gasteiger partial charge on any atom is 0.264 e. The number of nitrogens with zero attached hydrogens (tertiary/aromatic N) is 3. The van der Waals surface area contributed by atoms with Crippen molar-refractivity contribution in [3.05, 3.63) is 76.6 Å². The normalized spacial score (nSPS) is 10.8. The Bertz CT molecular complexity index is 1240. The smallest absolute Gasteiger partial charge is 0.264 e. The second kappa shape index (κ2) is 8.91. The maximum absolute atomic E-state index is 13.7. The minimum atomic E-state index is -0.265. The Kier molecular flexibility index (Phi) is 6.06. The maximum atomic E-state index is 13.7. The van der Waals surface area contributed by atoms with Gasteiger partial charge in [0, 0.05) is 17.4 Å². The average Bonchev–Trinajstić information content (AvgIpc) is 3.24. The summed E-state index contributed by atoms with van der Waals surface area (Å²) in [7, 11) is 3.13. The highest BCUT2D eigenvalue weighted by atomic mass is 35.5. The largest absolute Gasteiger partial charge is 0.496 e. The zero-order chi connectivity index (χ0) is 22.0. The molecule has 0 saturated carbocycles. The number of ether oxygens (including phenoxy) is 2. The first-order chi connectivity index (χ1) is 15.0. The van der Waals surface area contributed by atoms with Crippen LogP contribution in [0.3, 0.4) is 0 Å². The van der Waals surface area contributed by atoms with E-state index in [2.05, 4.69) is 4.98 Å². The molecular formula is C23H20ClN3O3S. The van der Waals surface area contributed by atoms with Crippen molar-refractivity contribution in [2.24, 2.45) is 0 Å². The van der Waals surface area contributed by atoms with Crippen LogP contribution in [0.5, 0.6) is 11.5 Å². The molecule has 0 saturated heterocycles. The van der Waals surface area contributed by atoms with Crippen molar-refractivity contribution in [3.63, 3.8) is 0 Å². The molecule has 2 aromatic heterocycles. The predicted molar refractivity (Wildman–Crippen MR) is 124 cm³/mol. The van der Waals surface area contributed by atoms with Crippen molar-refractivity contribution in [2.45, 2.75) is 13.5 Å². The summed E-state index contributed by atoms with van der Waals surface area (Å²) >= 11 is 7.63. The van der Waals surface area contributed by atoms with Crippen LogP contribution in [0.4, 0.5) is 5.13 Å². The zero-order valence-corrected chi connectivity index (χ0v) is 18.8. The Labute approximate surface area is 189 Å². The third kappa shape index (κ3) is 4.19. The van der Waals surface area contributed by atoms with Gasteiger partial charge in [0.2, 0.25) is 0 Å². The van der Waals surface area contributed by atoms with Crippen LogP contribution in [-0.4, -0.2) is 30.1 Å². The van der Waals surface area contributed by atoms with Crippen molar-refractivity contribution in [2.75, 3.05) is 19.1 Å². The van der Waals surface area contributed by atoms with Gasteiger partial charge < -0.3 is 9.47 Å². The molecule has 0 aliphatic rings. The van der Waals surface area contributed by atoms with Crippen molar-refractivity contribution in [1.82, 2.24) is 9.97 Å². The van der Waals surface area contributed by atoms with Crippen LogP contribution in [0.2, 0.25) is 5.02 Å². The summed E-state index contributed by atoms with van der Waals surface area (Å²) in [5.74, 6) is 0.844. The molecule has 2 aromatic carbocycles. The Morgan fingerprint density at radius 3 is 2.61 bits per heavy atom. The fourth-order valence-electron chi connectivity index (χ4n) is 3.27. The van der Waals surface area contributed by atoms with Gasteiger partial charge >= 0.3 is 0 Å². The van der Waals surface area contributed by atoms with E-state index in [1.54, 1.807) is 42.6 Å². The Morgan fingerprint density at radius 1 is 1.13 bits per heavy atom. The topological polar surface area (TPSA) is 64.5 Å². The summed E-state index contributed by atoms with van der Waals surface area (Å²) in [5, 5.41) is 1.01. The molecule has 0 fully saturated rings. The van der Waals surface area contributed by atoms with E-state index in [1.807, 2.05) is 31.2 Å². The number of pyridine rings is 1. The lowest BCUT2D eigenvalue weighted by Crippen LogP contribution is -2.30. The van der Waals surface area contributed by atoms with Gasteiger partial charge in [-0.1, -0.05) is 35.1 Å². The van der Waals surface area contributed by atoms with E-state index in [0.29, 0.717) is 33.8 Å². The Morgan fingerprint density at radius 2 is 1.90 bits per heavy atom. The van der Waals surface area contributed by atoms with Crippen molar-refractivity contribution < 1.29 is 14.3 Å². The lowest BCUT2D eigenvalue weighted by Gasteiger charge is -2.21. The highest BCUT2D eigenvalue weighted by molar-refractivity contribution is 7.22. The molecule has 4 aromatic rings. The van der Waals surface area contributed by atoms with Crippen LogP contribution in [0.25, 0.3) is 10.2 Å². The number of methoxy groups -OCH3 is 2. The Balaban J connectivity index is 1.86. The Hall–Kier alpha value is -3.16. The number of aryl methyl sites for hydroxylation is 1. The molecule has 0 unspecified atom stereocenters. The van der Waals surface area contributed by atoms with Gasteiger partial charge in [-0.25, -0.2) is 4.98 Å². The standard InChI is InChI=1S/C23H20ClN3O3S/c1-14-6-8-19(30-3)20-21(14)31-23(26-20)27(13-15-5-4-10-25-12-15)22(28)17-11-16(24)7-9-18(17)29-2/h4-12H,13H2,1-3H3. The predicted octanol–water partition coefficient (Wildman–Crippen LogP) is 5.52. The van der Waals surface area contributed by atoms with Crippen molar-refractivity contribution in [1.29, 1.82) is 0 Å². The fourth-order valence-corrected chi connectivity index (χ4v) is 4.49. The van der Waals surface area contributed by atoms with Crippen LogP contribution in [0.1, 0.15) is 21.5 Å². The number of anilines is 1. The number of aromatic nitrogens is 2. The number of amides is 1. The van der Waals surface area contributed by atoms with Gasteiger partial charge in [-0.05, 0) is 48.4 Å². The number of rotatable bonds is 6. The van der Waals surface area contributed by atoms with Crippen LogP contribution in [0.15, 0.2) is 54.9 Å². The van der Waals surface area contributed by atoms with Gasteiger partial charge in [0.05, 0.1) is 31.0 Å². The molecule has 1 amide bonds. The van der Waals surface area contributed by atoms with E-state index in [1.165, 1.54) is 18.4 Å². The summed E-state index contributed by atoms with van der Waals surface area (Å²) in [4.78, 5) is 24.3. The molecule has 0 N–H and O–H groups in total. The van der Waals surface area contributed by atoms with Crippen LogP contribution >= 0.6 is 22.9 Å². The monoisotopic (exact) mass is 453 g/mol. The van der Waals surface area contributed by atoms with Gasteiger partial charge in [0.1, 0.15) is 17.0 Å². The number of hydrogen-bond donors (Lipinski definition) is 0. The molecule has 0 aliphatic heterocycles. The number of carbonyl (C=O) groups excluding carboxylic acids is 1. The van der Waals surface area contributed by atoms with Crippen LogP contribution in [0, 0.1) is 6.92 Å². The van der Waals surface area contributed by atoms with Gasteiger partial charge in [-0.2, -0.15) is 0 Å². The minimum absolute atomic E-state index is 0.265. The van der Waals surface area contributed by atoms with Crippen LogP contribution in [-0.2, 0) is 6.54 Å². The molecule has 4 rings (SSSR count). The average molecular weight is 454 g/mol. The highest BCUT2D eigenvalue weighted by Crippen LogP contribution is 2.38. The third-order valence-corrected chi connectivity index (χ3v) is 6.29. The molecular weight excluding hydrogens is 434 g/mol. The lowest BCUT2D eigenvalue weighted by molar-refractivity contribution is 0.0982. The van der Waals surface area contributed by atoms with Gasteiger partial charge in [-0.15, -0.1) is 0 Å². The number of thiazole rings is 1. The lowest BCUT2D eigenvalue weighted by atomic mass is 10.1. The quantitative estimate of drug-likeness (QED) is 0.384. The third-order valence-electron chi connectivity index (χ3n) is 4.84.